The van der Waals surface area contributed by atoms with E-state index in [-0.39, 0.29) is 5.92 Å². The minimum Gasteiger partial charge on any atom is -0.493 e. The number of fused-ring (bicyclic) bond motifs is 3. The SMILES string of the molecule is COc1cc2c(cc1OC)C(c1ccccc1)c1ccccc1-2. The summed E-state index contributed by atoms with van der Waals surface area (Å²) >= 11 is 0. The Bertz CT molecular complexity index is 853. The molecule has 0 saturated carbocycles. The molecule has 23 heavy (non-hydrogen) atoms. The van der Waals surface area contributed by atoms with Crippen molar-refractivity contribution in [3.8, 4) is 22.6 Å². The van der Waals surface area contributed by atoms with E-state index in [1.807, 2.05) is 0 Å². The molecule has 1 aliphatic rings. The Kier molecular flexibility index (Phi) is 3.30. The lowest BCUT2D eigenvalue weighted by Gasteiger charge is -2.16. The van der Waals surface area contributed by atoms with E-state index in [2.05, 4.69) is 66.7 Å². The molecular formula is C21H18O2. The van der Waals surface area contributed by atoms with Crippen LogP contribution in [-0.2, 0) is 0 Å². The molecule has 2 heteroatoms. The van der Waals surface area contributed by atoms with Crippen LogP contribution in [0.5, 0.6) is 11.5 Å². The molecule has 2 nitrogen and oxygen atoms in total. The molecule has 0 fully saturated rings. The smallest absolute Gasteiger partial charge is 0.161 e. The number of hydrogen-bond acceptors (Lipinski definition) is 2. The van der Waals surface area contributed by atoms with Crippen LogP contribution in [0.3, 0.4) is 0 Å². The molecule has 1 aliphatic carbocycles. The van der Waals surface area contributed by atoms with Gasteiger partial charge in [-0.05, 0) is 39.9 Å². The molecule has 0 amide bonds. The fourth-order valence-electron chi connectivity index (χ4n) is 3.53. The second-order valence-corrected chi connectivity index (χ2v) is 5.73. The highest BCUT2D eigenvalue weighted by atomic mass is 16.5. The van der Waals surface area contributed by atoms with E-state index in [9.17, 15) is 0 Å². The standard InChI is InChI=1S/C21H18O2/c1-22-19-12-17-15-10-6-7-11-16(15)21(14-8-4-3-5-9-14)18(17)13-20(19)23-2/h3-13,21H,1-2H3. The lowest BCUT2D eigenvalue weighted by atomic mass is 9.89. The Morgan fingerprint density at radius 3 is 2.04 bits per heavy atom. The zero-order valence-corrected chi connectivity index (χ0v) is 13.2. The van der Waals surface area contributed by atoms with Crippen LogP contribution in [0.15, 0.2) is 66.7 Å². The zero-order valence-electron chi connectivity index (χ0n) is 13.2. The van der Waals surface area contributed by atoms with Gasteiger partial charge in [-0.25, -0.2) is 0 Å². The first kappa shape index (κ1) is 13.9. The Morgan fingerprint density at radius 2 is 1.30 bits per heavy atom. The largest absolute Gasteiger partial charge is 0.493 e. The molecule has 3 aromatic rings. The lowest BCUT2D eigenvalue weighted by Crippen LogP contribution is -2.00. The van der Waals surface area contributed by atoms with Crippen molar-refractivity contribution in [1.29, 1.82) is 0 Å². The molecule has 4 rings (SSSR count). The number of methoxy groups -OCH3 is 2. The second kappa shape index (κ2) is 5.47. The van der Waals surface area contributed by atoms with E-state index in [0.717, 1.165) is 11.5 Å². The zero-order chi connectivity index (χ0) is 15.8. The van der Waals surface area contributed by atoms with Crippen molar-refractivity contribution in [1.82, 2.24) is 0 Å². The van der Waals surface area contributed by atoms with Gasteiger partial charge in [-0.3, -0.25) is 0 Å². The summed E-state index contributed by atoms with van der Waals surface area (Å²) in [6, 6.07) is 23.4. The van der Waals surface area contributed by atoms with Crippen LogP contribution < -0.4 is 9.47 Å². The number of rotatable bonds is 3. The summed E-state index contributed by atoms with van der Waals surface area (Å²) < 4.78 is 11.0. The predicted molar refractivity (Wildman–Crippen MR) is 92.4 cm³/mol. The van der Waals surface area contributed by atoms with Crippen molar-refractivity contribution in [3.63, 3.8) is 0 Å². The van der Waals surface area contributed by atoms with Gasteiger partial charge in [0, 0.05) is 5.92 Å². The monoisotopic (exact) mass is 302 g/mol. The average Bonchev–Trinajstić information content (AvgIpc) is 2.94. The number of ether oxygens (including phenoxy) is 2. The van der Waals surface area contributed by atoms with Gasteiger partial charge in [-0.15, -0.1) is 0 Å². The summed E-state index contributed by atoms with van der Waals surface area (Å²) in [6.07, 6.45) is 0. The maximum Gasteiger partial charge on any atom is 0.161 e. The van der Waals surface area contributed by atoms with Gasteiger partial charge in [-0.1, -0.05) is 54.6 Å². The van der Waals surface area contributed by atoms with E-state index >= 15 is 0 Å². The molecule has 114 valence electrons. The second-order valence-electron chi connectivity index (χ2n) is 5.73. The van der Waals surface area contributed by atoms with Crippen LogP contribution in [0.2, 0.25) is 0 Å². The topological polar surface area (TPSA) is 18.5 Å². The highest BCUT2D eigenvalue weighted by molar-refractivity contribution is 5.82. The summed E-state index contributed by atoms with van der Waals surface area (Å²) in [5, 5.41) is 0. The van der Waals surface area contributed by atoms with Crippen LogP contribution in [0, 0.1) is 0 Å². The normalized spacial score (nSPS) is 15.0. The molecule has 0 saturated heterocycles. The van der Waals surface area contributed by atoms with Crippen molar-refractivity contribution in [2.24, 2.45) is 0 Å². The van der Waals surface area contributed by atoms with Crippen molar-refractivity contribution in [2.75, 3.05) is 14.2 Å². The van der Waals surface area contributed by atoms with E-state index in [0.29, 0.717) is 0 Å². The highest BCUT2D eigenvalue weighted by Crippen LogP contribution is 2.51. The fraction of sp³-hybridized carbons (Fsp3) is 0.143. The minimum atomic E-state index is 0.238. The quantitative estimate of drug-likeness (QED) is 0.538. The number of hydrogen-bond donors (Lipinski definition) is 0. The highest BCUT2D eigenvalue weighted by Gasteiger charge is 2.31. The first-order valence-electron chi connectivity index (χ1n) is 7.73. The van der Waals surface area contributed by atoms with Crippen molar-refractivity contribution in [2.45, 2.75) is 5.92 Å². The minimum absolute atomic E-state index is 0.238. The van der Waals surface area contributed by atoms with Gasteiger partial charge in [0.25, 0.3) is 0 Å². The summed E-state index contributed by atoms with van der Waals surface area (Å²) in [5.41, 5.74) is 6.41. The number of benzene rings is 3. The van der Waals surface area contributed by atoms with Gasteiger partial charge < -0.3 is 9.47 Å². The molecule has 1 unspecified atom stereocenters. The molecule has 0 spiro atoms. The molecule has 0 aliphatic heterocycles. The molecule has 0 aromatic heterocycles. The van der Waals surface area contributed by atoms with Crippen LogP contribution >= 0.6 is 0 Å². The van der Waals surface area contributed by atoms with Gasteiger partial charge in [-0.2, -0.15) is 0 Å². The van der Waals surface area contributed by atoms with Crippen LogP contribution in [0.25, 0.3) is 11.1 Å². The van der Waals surface area contributed by atoms with E-state index in [1.54, 1.807) is 14.2 Å². The van der Waals surface area contributed by atoms with Crippen LogP contribution in [0.1, 0.15) is 22.6 Å². The summed E-state index contributed by atoms with van der Waals surface area (Å²) in [6.45, 7) is 0. The van der Waals surface area contributed by atoms with Crippen LogP contribution in [0.4, 0.5) is 0 Å². The third kappa shape index (κ3) is 2.10. The summed E-state index contributed by atoms with van der Waals surface area (Å²) in [5.74, 6) is 1.79. The summed E-state index contributed by atoms with van der Waals surface area (Å²) in [4.78, 5) is 0. The molecule has 1 atom stereocenters. The predicted octanol–water partition coefficient (Wildman–Crippen LogP) is 4.86. The average molecular weight is 302 g/mol. The van der Waals surface area contributed by atoms with E-state index in [1.165, 1.54) is 27.8 Å². The van der Waals surface area contributed by atoms with Gasteiger partial charge in [0.05, 0.1) is 14.2 Å². The van der Waals surface area contributed by atoms with Gasteiger partial charge in [0.1, 0.15) is 0 Å². The maximum atomic E-state index is 5.52. The van der Waals surface area contributed by atoms with Crippen molar-refractivity contribution < 1.29 is 9.47 Å². The molecular weight excluding hydrogens is 284 g/mol. The molecule has 0 heterocycles. The Hall–Kier alpha value is -2.74. The first-order chi connectivity index (χ1) is 11.3. The fourth-order valence-corrected chi connectivity index (χ4v) is 3.53. The first-order valence-corrected chi connectivity index (χ1v) is 7.73. The maximum absolute atomic E-state index is 5.52. The Morgan fingerprint density at radius 1 is 0.652 bits per heavy atom. The Labute approximate surface area is 136 Å². The third-order valence-electron chi connectivity index (χ3n) is 4.56. The summed E-state index contributed by atoms with van der Waals surface area (Å²) in [7, 11) is 3.36. The van der Waals surface area contributed by atoms with Gasteiger partial charge in [0.15, 0.2) is 11.5 Å². The van der Waals surface area contributed by atoms with Gasteiger partial charge >= 0.3 is 0 Å². The van der Waals surface area contributed by atoms with Crippen molar-refractivity contribution in [3.05, 3.63) is 83.4 Å². The molecule has 0 bridgehead atoms. The molecule has 0 radical (unpaired) electrons. The van der Waals surface area contributed by atoms with Crippen molar-refractivity contribution >= 4 is 0 Å². The third-order valence-corrected chi connectivity index (χ3v) is 4.56. The molecule has 3 aromatic carbocycles. The van der Waals surface area contributed by atoms with E-state index < -0.39 is 0 Å². The Balaban J connectivity index is 2.00. The van der Waals surface area contributed by atoms with Crippen LogP contribution in [-0.4, -0.2) is 14.2 Å². The lowest BCUT2D eigenvalue weighted by molar-refractivity contribution is 0.355. The van der Waals surface area contributed by atoms with Gasteiger partial charge in [0.2, 0.25) is 0 Å². The van der Waals surface area contributed by atoms with E-state index in [4.69, 9.17) is 9.47 Å². The molecule has 0 N–H and O–H groups in total.